The van der Waals surface area contributed by atoms with Crippen molar-refractivity contribution in [3.8, 4) is 11.5 Å². The van der Waals surface area contributed by atoms with Crippen molar-refractivity contribution in [1.29, 1.82) is 0 Å². The molecule has 2 aromatic heterocycles. The summed E-state index contributed by atoms with van der Waals surface area (Å²) in [7, 11) is 0. The number of rotatable bonds is 6. The molecule has 4 nitrogen and oxygen atoms in total. The van der Waals surface area contributed by atoms with Crippen LogP contribution in [0.25, 0.3) is 0 Å². The first kappa shape index (κ1) is 17.1. The van der Waals surface area contributed by atoms with Crippen LogP contribution < -0.4 is 9.47 Å². The van der Waals surface area contributed by atoms with Crippen molar-refractivity contribution in [3.05, 3.63) is 69.0 Å². The van der Waals surface area contributed by atoms with Gasteiger partial charge in [-0.15, -0.1) is 22.7 Å². The molecule has 1 aliphatic rings. The third-order valence-electron chi connectivity index (χ3n) is 4.23. The van der Waals surface area contributed by atoms with E-state index in [1.165, 1.54) is 9.75 Å². The summed E-state index contributed by atoms with van der Waals surface area (Å²) in [6.07, 6.45) is 0.243. The van der Waals surface area contributed by atoms with Crippen LogP contribution in [0, 0.1) is 0 Å². The number of hydrogen-bond acceptors (Lipinski definition) is 5. The van der Waals surface area contributed by atoms with Crippen LogP contribution in [0.1, 0.15) is 9.75 Å². The number of amides is 1. The van der Waals surface area contributed by atoms with Crippen molar-refractivity contribution in [2.24, 2.45) is 0 Å². The molecule has 0 bridgehead atoms. The van der Waals surface area contributed by atoms with E-state index in [0.29, 0.717) is 24.6 Å². The van der Waals surface area contributed by atoms with Gasteiger partial charge in [0, 0.05) is 16.3 Å². The summed E-state index contributed by atoms with van der Waals surface area (Å²) in [4.78, 5) is 17.5. The average molecular weight is 386 g/mol. The van der Waals surface area contributed by atoms with Gasteiger partial charge in [-0.25, -0.2) is 0 Å². The number of hydrogen-bond donors (Lipinski definition) is 0. The predicted octanol–water partition coefficient (Wildman–Crippen LogP) is 4.22. The Morgan fingerprint density at radius 1 is 1.00 bits per heavy atom. The smallest absolute Gasteiger partial charge is 0.267 e. The lowest BCUT2D eigenvalue weighted by molar-refractivity contribution is -0.141. The molecule has 0 unspecified atom stereocenters. The van der Waals surface area contributed by atoms with E-state index < -0.39 is 6.10 Å². The normalized spacial score (nSPS) is 15.6. The van der Waals surface area contributed by atoms with Crippen molar-refractivity contribution in [2.45, 2.75) is 19.1 Å². The molecular formula is C20H19NO3S2. The summed E-state index contributed by atoms with van der Waals surface area (Å²) < 4.78 is 11.6. The molecule has 134 valence electrons. The van der Waals surface area contributed by atoms with E-state index in [1.54, 1.807) is 22.7 Å². The Bertz CT molecular complexity index is 846. The highest BCUT2D eigenvalue weighted by Gasteiger charge is 2.31. The Morgan fingerprint density at radius 3 is 2.46 bits per heavy atom. The van der Waals surface area contributed by atoms with Gasteiger partial charge in [0.2, 0.25) is 6.10 Å². The molecule has 3 heterocycles. The lowest BCUT2D eigenvalue weighted by Crippen LogP contribution is -2.46. The fourth-order valence-electron chi connectivity index (χ4n) is 2.90. The second kappa shape index (κ2) is 7.93. The summed E-state index contributed by atoms with van der Waals surface area (Å²) in [5.41, 5.74) is 0. The lowest BCUT2D eigenvalue weighted by Gasteiger charge is -2.30. The molecule has 0 N–H and O–H groups in total. The quantitative estimate of drug-likeness (QED) is 0.638. The molecule has 0 radical (unpaired) electrons. The Balaban J connectivity index is 1.48. The maximum atomic E-state index is 13.1. The number of benzene rings is 1. The molecule has 1 atom stereocenters. The van der Waals surface area contributed by atoms with E-state index in [2.05, 4.69) is 17.5 Å². The van der Waals surface area contributed by atoms with Crippen LogP contribution in [0.2, 0.25) is 0 Å². The van der Waals surface area contributed by atoms with Crippen LogP contribution in [0.4, 0.5) is 0 Å². The van der Waals surface area contributed by atoms with Gasteiger partial charge in [0.15, 0.2) is 11.5 Å². The third kappa shape index (κ3) is 3.92. The van der Waals surface area contributed by atoms with Crippen LogP contribution in [-0.2, 0) is 17.8 Å². The van der Waals surface area contributed by atoms with Gasteiger partial charge in [-0.3, -0.25) is 4.79 Å². The predicted molar refractivity (Wildman–Crippen MR) is 104 cm³/mol. The van der Waals surface area contributed by atoms with E-state index >= 15 is 0 Å². The van der Waals surface area contributed by atoms with Gasteiger partial charge in [0.25, 0.3) is 5.91 Å². The zero-order chi connectivity index (χ0) is 17.8. The van der Waals surface area contributed by atoms with E-state index in [1.807, 2.05) is 46.7 Å². The summed E-state index contributed by atoms with van der Waals surface area (Å²) in [5.74, 6) is 1.30. The highest BCUT2D eigenvalue weighted by atomic mass is 32.1. The zero-order valence-corrected chi connectivity index (χ0v) is 15.8. The topological polar surface area (TPSA) is 38.8 Å². The van der Waals surface area contributed by atoms with Gasteiger partial charge in [0.1, 0.15) is 6.61 Å². The number of ether oxygens (including phenoxy) is 2. The van der Waals surface area contributed by atoms with Gasteiger partial charge < -0.3 is 14.4 Å². The SMILES string of the molecule is O=C([C@H]1COc2ccccc2O1)N(CCc1cccs1)Cc1cccs1. The number of para-hydroxylation sites is 2. The molecule has 3 aromatic rings. The van der Waals surface area contributed by atoms with Gasteiger partial charge in [-0.1, -0.05) is 24.3 Å². The molecule has 0 spiro atoms. The van der Waals surface area contributed by atoms with E-state index in [-0.39, 0.29) is 12.5 Å². The maximum Gasteiger partial charge on any atom is 0.267 e. The Labute approximate surface area is 160 Å². The molecule has 0 fully saturated rings. The van der Waals surface area contributed by atoms with Crippen LogP contribution >= 0.6 is 22.7 Å². The number of thiophene rings is 2. The minimum atomic E-state index is -0.604. The minimum absolute atomic E-state index is 0.0236. The second-order valence-corrected chi connectivity index (χ2v) is 8.10. The Morgan fingerprint density at radius 2 is 1.73 bits per heavy atom. The summed E-state index contributed by atoms with van der Waals surface area (Å²) >= 11 is 3.38. The zero-order valence-electron chi connectivity index (χ0n) is 14.2. The number of nitrogens with zero attached hydrogens (tertiary/aromatic N) is 1. The van der Waals surface area contributed by atoms with Gasteiger partial charge in [-0.05, 0) is 41.4 Å². The molecule has 0 aliphatic carbocycles. The second-order valence-electron chi connectivity index (χ2n) is 6.03. The molecule has 26 heavy (non-hydrogen) atoms. The third-order valence-corrected chi connectivity index (χ3v) is 6.03. The molecule has 4 rings (SSSR count). The largest absolute Gasteiger partial charge is 0.485 e. The van der Waals surface area contributed by atoms with E-state index in [9.17, 15) is 4.79 Å². The molecule has 0 saturated carbocycles. The Hall–Kier alpha value is -2.31. The summed E-state index contributed by atoms with van der Waals surface area (Å²) in [6.45, 7) is 1.51. The van der Waals surface area contributed by atoms with Crippen LogP contribution in [0.15, 0.2) is 59.3 Å². The van der Waals surface area contributed by atoms with Crippen LogP contribution in [0.3, 0.4) is 0 Å². The van der Waals surface area contributed by atoms with Crippen molar-refractivity contribution in [3.63, 3.8) is 0 Å². The molecule has 1 aliphatic heterocycles. The number of carbonyl (C=O) groups is 1. The summed E-state index contributed by atoms with van der Waals surface area (Å²) in [6, 6.07) is 15.7. The number of fused-ring (bicyclic) bond motifs is 1. The highest BCUT2D eigenvalue weighted by Crippen LogP contribution is 2.31. The van der Waals surface area contributed by atoms with Crippen molar-refractivity contribution in [1.82, 2.24) is 4.90 Å². The molecular weight excluding hydrogens is 366 g/mol. The summed E-state index contributed by atoms with van der Waals surface area (Å²) in [5, 5.41) is 4.10. The first-order chi connectivity index (χ1) is 12.8. The molecule has 1 aromatic carbocycles. The van der Waals surface area contributed by atoms with E-state index in [4.69, 9.17) is 9.47 Å². The standard InChI is InChI=1S/C20H19NO3S2/c22-20(19-14-23-17-7-1-2-8-18(17)24-19)21(13-16-6-4-12-26-16)10-9-15-5-3-11-25-15/h1-8,11-12,19H,9-10,13-14H2/t19-/m1/s1. The molecule has 6 heteroatoms. The van der Waals surface area contributed by atoms with Crippen molar-refractivity contribution in [2.75, 3.05) is 13.2 Å². The van der Waals surface area contributed by atoms with Crippen molar-refractivity contribution < 1.29 is 14.3 Å². The molecule has 0 saturated heterocycles. The first-order valence-corrected chi connectivity index (χ1v) is 10.3. The minimum Gasteiger partial charge on any atom is -0.485 e. The number of carbonyl (C=O) groups excluding carboxylic acids is 1. The lowest BCUT2D eigenvalue weighted by atomic mass is 10.2. The monoisotopic (exact) mass is 385 g/mol. The van der Waals surface area contributed by atoms with Gasteiger partial charge in [0.05, 0.1) is 6.54 Å². The van der Waals surface area contributed by atoms with Crippen molar-refractivity contribution >= 4 is 28.6 Å². The Kier molecular flexibility index (Phi) is 5.22. The highest BCUT2D eigenvalue weighted by molar-refractivity contribution is 7.10. The van der Waals surface area contributed by atoms with Crippen LogP contribution in [-0.4, -0.2) is 30.1 Å². The molecule has 1 amide bonds. The van der Waals surface area contributed by atoms with Gasteiger partial charge in [-0.2, -0.15) is 0 Å². The first-order valence-electron chi connectivity index (χ1n) is 8.51. The van der Waals surface area contributed by atoms with Gasteiger partial charge >= 0.3 is 0 Å². The average Bonchev–Trinajstić information content (AvgIpc) is 3.38. The maximum absolute atomic E-state index is 13.1. The fraction of sp³-hybridized carbons (Fsp3) is 0.250. The van der Waals surface area contributed by atoms with Crippen LogP contribution in [0.5, 0.6) is 11.5 Å². The fourth-order valence-corrected chi connectivity index (χ4v) is 4.32. The van der Waals surface area contributed by atoms with E-state index in [0.717, 1.165) is 6.42 Å².